The van der Waals surface area contributed by atoms with Crippen LogP contribution < -0.4 is 10.1 Å². The summed E-state index contributed by atoms with van der Waals surface area (Å²) in [5.41, 5.74) is -2.00. The van der Waals surface area contributed by atoms with Crippen molar-refractivity contribution in [2.24, 2.45) is 0 Å². The van der Waals surface area contributed by atoms with Gasteiger partial charge in [0.1, 0.15) is 17.2 Å². The van der Waals surface area contributed by atoms with Gasteiger partial charge in [-0.3, -0.25) is 14.5 Å². The Morgan fingerprint density at radius 2 is 1.79 bits per heavy atom. The Kier molecular flexibility index (Phi) is 5.59. The van der Waals surface area contributed by atoms with Crippen molar-refractivity contribution >= 4 is 35.5 Å². The van der Waals surface area contributed by atoms with Gasteiger partial charge in [-0.2, -0.15) is 0 Å². The number of hydrogen-bond donors (Lipinski definition) is 1. The number of thioether (sulfide) groups is 1. The molecule has 10 heteroatoms. The van der Waals surface area contributed by atoms with Gasteiger partial charge >= 0.3 is 11.9 Å². The summed E-state index contributed by atoms with van der Waals surface area (Å²) in [7, 11) is 2.23. The molecular weight excluding hydrogens is 388 g/mol. The number of para-hydroxylation sites is 1. The van der Waals surface area contributed by atoms with E-state index in [1.54, 1.807) is 24.3 Å². The second kappa shape index (κ2) is 7.93. The highest BCUT2D eigenvalue weighted by Crippen LogP contribution is 2.43. The van der Waals surface area contributed by atoms with Gasteiger partial charge < -0.3 is 19.5 Å². The maximum atomic E-state index is 12.7. The third kappa shape index (κ3) is 3.19. The summed E-state index contributed by atoms with van der Waals surface area (Å²) in [4.78, 5) is 50.6. The first-order valence-electron chi connectivity index (χ1n) is 8.26. The number of amides is 2. The number of hydrogen-bond acceptors (Lipinski definition) is 8. The molecule has 0 bridgehead atoms. The molecule has 1 saturated heterocycles. The number of methoxy groups -OCH3 is 2. The summed E-state index contributed by atoms with van der Waals surface area (Å²) in [6, 6.07) is 7.85. The lowest BCUT2D eigenvalue weighted by molar-refractivity contribution is -0.181. The number of nitrogens with one attached hydrogen (secondary N) is 1. The molecule has 2 amide bonds. The summed E-state index contributed by atoms with van der Waals surface area (Å²) in [6.07, 6.45) is 1.26. The van der Waals surface area contributed by atoms with Gasteiger partial charge in [0.2, 0.25) is 0 Å². The molecule has 2 aliphatic heterocycles. The van der Waals surface area contributed by atoms with Crippen LogP contribution in [0.5, 0.6) is 5.75 Å². The second-order valence-corrected chi connectivity index (χ2v) is 6.96. The van der Waals surface area contributed by atoms with Gasteiger partial charge in [0.25, 0.3) is 17.4 Å². The number of fused-ring (bicyclic) bond motifs is 1. The zero-order chi connectivity index (χ0) is 20.3. The van der Waals surface area contributed by atoms with Crippen molar-refractivity contribution in [1.82, 2.24) is 10.2 Å². The minimum atomic E-state index is -2.00. The summed E-state index contributed by atoms with van der Waals surface area (Å²) in [5, 5.41) is 3.43. The Hall–Kier alpha value is -3.01. The fourth-order valence-corrected chi connectivity index (χ4v) is 4.19. The molecule has 0 saturated carbocycles. The Labute approximate surface area is 165 Å². The molecule has 2 aliphatic rings. The monoisotopic (exact) mass is 406 g/mol. The Morgan fingerprint density at radius 3 is 2.39 bits per heavy atom. The Balaban J connectivity index is 1.70. The summed E-state index contributed by atoms with van der Waals surface area (Å²) >= 11 is 1.19. The van der Waals surface area contributed by atoms with Gasteiger partial charge in [-0.25, -0.2) is 9.59 Å². The number of nitrogens with zero attached hydrogens (tertiary/aromatic N) is 1. The van der Waals surface area contributed by atoms with Gasteiger partial charge in [0, 0.05) is 0 Å². The van der Waals surface area contributed by atoms with Crippen molar-refractivity contribution < 1.29 is 33.4 Å². The molecule has 2 heterocycles. The van der Waals surface area contributed by atoms with Crippen LogP contribution in [0.1, 0.15) is 0 Å². The maximum absolute atomic E-state index is 12.7. The molecule has 0 spiro atoms. The highest BCUT2D eigenvalue weighted by molar-refractivity contribution is 8.02. The van der Waals surface area contributed by atoms with Crippen LogP contribution in [0.2, 0.25) is 0 Å². The van der Waals surface area contributed by atoms with Crippen molar-refractivity contribution in [3.63, 3.8) is 0 Å². The van der Waals surface area contributed by atoms with E-state index in [2.05, 4.69) is 5.32 Å². The van der Waals surface area contributed by atoms with Crippen LogP contribution >= 0.6 is 11.8 Å². The SMILES string of the molecule is COC(=O)C1(C(=O)OC)C=CS[C@@H]2[C@H](NC(=O)COc3ccccc3)C(=O)N21. The normalized spacial score (nSPS) is 21.8. The van der Waals surface area contributed by atoms with E-state index in [9.17, 15) is 19.2 Å². The number of ether oxygens (including phenoxy) is 3. The zero-order valence-electron chi connectivity index (χ0n) is 15.1. The van der Waals surface area contributed by atoms with Crippen molar-refractivity contribution in [3.05, 3.63) is 41.8 Å². The van der Waals surface area contributed by atoms with Crippen molar-refractivity contribution in [2.45, 2.75) is 17.0 Å². The zero-order valence-corrected chi connectivity index (χ0v) is 15.9. The predicted octanol–water partition coefficient (Wildman–Crippen LogP) is 0.0638. The van der Waals surface area contributed by atoms with Crippen LogP contribution in [-0.4, -0.2) is 66.4 Å². The van der Waals surface area contributed by atoms with Crippen molar-refractivity contribution in [3.8, 4) is 5.75 Å². The first-order valence-corrected chi connectivity index (χ1v) is 9.20. The van der Waals surface area contributed by atoms with E-state index >= 15 is 0 Å². The minimum absolute atomic E-state index is 0.278. The lowest BCUT2D eigenvalue weighted by Crippen LogP contribution is -2.79. The molecule has 1 aromatic carbocycles. The Bertz CT molecular complexity index is 810. The summed E-state index contributed by atoms with van der Waals surface area (Å²) in [6.45, 7) is -0.278. The minimum Gasteiger partial charge on any atom is -0.484 e. The fraction of sp³-hybridized carbons (Fsp3) is 0.333. The first kappa shape index (κ1) is 19.7. The standard InChI is InChI=1S/C18H18N2O7S/c1-25-16(23)18(17(24)26-2)8-9-28-15-13(14(22)20(15)18)19-12(21)10-27-11-6-4-3-5-7-11/h3-9,13,15H,10H2,1-2H3,(H,19,21)/t13-,15-/m1/s1. The predicted molar refractivity (Wildman–Crippen MR) is 98.0 cm³/mol. The smallest absolute Gasteiger partial charge is 0.347 e. The number of carbonyl (C=O) groups is 4. The number of rotatable bonds is 6. The second-order valence-electron chi connectivity index (χ2n) is 5.93. The van der Waals surface area contributed by atoms with E-state index in [4.69, 9.17) is 14.2 Å². The van der Waals surface area contributed by atoms with Gasteiger partial charge in [-0.15, -0.1) is 11.8 Å². The van der Waals surface area contributed by atoms with E-state index in [1.165, 1.54) is 23.2 Å². The van der Waals surface area contributed by atoms with E-state index in [0.717, 1.165) is 19.1 Å². The molecule has 1 fully saturated rings. The van der Waals surface area contributed by atoms with Gasteiger partial charge in [0.15, 0.2) is 6.61 Å². The quantitative estimate of drug-likeness (QED) is 0.401. The lowest BCUT2D eigenvalue weighted by Gasteiger charge is -2.53. The number of benzene rings is 1. The highest BCUT2D eigenvalue weighted by Gasteiger charge is 2.66. The molecule has 28 heavy (non-hydrogen) atoms. The van der Waals surface area contributed by atoms with Crippen LogP contribution in [0.4, 0.5) is 0 Å². The molecule has 0 aromatic heterocycles. The molecule has 1 aromatic rings. The maximum Gasteiger partial charge on any atom is 0.347 e. The van der Waals surface area contributed by atoms with E-state index in [1.807, 2.05) is 6.07 Å². The molecule has 0 radical (unpaired) electrons. The van der Waals surface area contributed by atoms with E-state index in [-0.39, 0.29) is 6.61 Å². The average molecular weight is 406 g/mol. The number of β-lactam (4-membered cyclic amide) rings is 1. The van der Waals surface area contributed by atoms with E-state index < -0.39 is 40.7 Å². The van der Waals surface area contributed by atoms with Gasteiger partial charge in [-0.05, 0) is 23.6 Å². The molecule has 0 aliphatic carbocycles. The van der Waals surface area contributed by atoms with Crippen LogP contribution in [-0.2, 0) is 28.7 Å². The van der Waals surface area contributed by atoms with Gasteiger partial charge in [0.05, 0.1) is 14.2 Å². The first-order chi connectivity index (χ1) is 13.5. The third-order valence-corrected chi connectivity index (χ3v) is 5.43. The van der Waals surface area contributed by atoms with Crippen LogP contribution in [0.15, 0.2) is 41.8 Å². The molecule has 9 nitrogen and oxygen atoms in total. The van der Waals surface area contributed by atoms with Crippen LogP contribution in [0, 0.1) is 0 Å². The highest BCUT2D eigenvalue weighted by atomic mass is 32.2. The van der Waals surface area contributed by atoms with Gasteiger partial charge in [-0.1, -0.05) is 18.2 Å². The Morgan fingerprint density at radius 1 is 1.14 bits per heavy atom. The topological polar surface area (TPSA) is 111 Å². The molecule has 1 N–H and O–H groups in total. The van der Waals surface area contributed by atoms with Crippen LogP contribution in [0.3, 0.4) is 0 Å². The molecular formula is C18H18N2O7S. The molecule has 148 valence electrons. The summed E-state index contributed by atoms with van der Waals surface area (Å²) in [5.74, 6) is -2.45. The number of esters is 2. The van der Waals surface area contributed by atoms with Crippen LogP contribution in [0.25, 0.3) is 0 Å². The molecule has 2 atom stereocenters. The van der Waals surface area contributed by atoms with Crippen molar-refractivity contribution in [2.75, 3.05) is 20.8 Å². The van der Waals surface area contributed by atoms with Crippen molar-refractivity contribution in [1.29, 1.82) is 0 Å². The third-order valence-electron chi connectivity index (χ3n) is 4.37. The largest absolute Gasteiger partial charge is 0.484 e. The summed E-state index contributed by atoms with van der Waals surface area (Å²) < 4.78 is 14.8. The average Bonchev–Trinajstić information content (AvgIpc) is 2.74. The number of carbonyl (C=O) groups excluding carboxylic acids is 4. The van der Waals surface area contributed by atoms with E-state index in [0.29, 0.717) is 5.75 Å². The fourth-order valence-electron chi connectivity index (χ4n) is 3.02. The molecule has 3 rings (SSSR count). The lowest BCUT2D eigenvalue weighted by atomic mass is 9.90. The molecule has 0 unspecified atom stereocenters.